The largest absolute Gasteiger partial charge is 0.481 e. The van der Waals surface area contributed by atoms with Crippen molar-refractivity contribution < 1.29 is 46.1 Å². The Kier molecular flexibility index (Phi) is 8.03. The van der Waals surface area contributed by atoms with Gasteiger partial charge in [-0.1, -0.05) is 68.5 Å². The van der Waals surface area contributed by atoms with Gasteiger partial charge in [-0.25, -0.2) is 4.98 Å². The van der Waals surface area contributed by atoms with Gasteiger partial charge in [-0.05, 0) is 36.0 Å². The minimum absolute atomic E-state index is 0.0470. The summed E-state index contributed by atoms with van der Waals surface area (Å²) in [5, 5.41) is 21.8. The Morgan fingerprint density at radius 2 is 1.55 bits per heavy atom. The quantitative estimate of drug-likeness (QED) is 0.249. The van der Waals surface area contributed by atoms with E-state index in [9.17, 15) is 41.0 Å². The molecular weight excluding hydrogens is 586 g/mol. The average Bonchev–Trinajstić information content (AvgIpc) is 3.31. The topological polar surface area (TPSA) is 99.5 Å². The summed E-state index contributed by atoms with van der Waals surface area (Å²) in [7, 11) is 0. The van der Waals surface area contributed by atoms with Gasteiger partial charge >= 0.3 is 18.3 Å². The highest BCUT2D eigenvalue weighted by atomic mass is 32.1. The van der Waals surface area contributed by atoms with Crippen LogP contribution in [0.3, 0.4) is 0 Å². The van der Waals surface area contributed by atoms with E-state index in [4.69, 9.17) is 5.11 Å². The summed E-state index contributed by atoms with van der Waals surface area (Å²) in [6, 6.07) is 6.66. The van der Waals surface area contributed by atoms with Crippen molar-refractivity contribution in [2.45, 2.75) is 75.4 Å². The van der Waals surface area contributed by atoms with Gasteiger partial charge in [0.15, 0.2) is 5.01 Å². The van der Waals surface area contributed by atoms with E-state index in [0.29, 0.717) is 28.6 Å². The number of rotatable bonds is 7. The zero-order valence-corrected chi connectivity index (χ0v) is 23.0. The summed E-state index contributed by atoms with van der Waals surface area (Å²) in [6.45, 7) is 0. The van der Waals surface area contributed by atoms with Crippen molar-refractivity contribution >= 4 is 34.0 Å². The van der Waals surface area contributed by atoms with Crippen LogP contribution in [0.25, 0.3) is 21.2 Å². The number of hydrogen-bond acceptors (Lipinski definition) is 5. The second-order valence-electron chi connectivity index (χ2n) is 11.1. The third-order valence-corrected chi connectivity index (χ3v) is 9.43. The highest BCUT2D eigenvalue weighted by Crippen LogP contribution is 2.52. The van der Waals surface area contributed by atoms with Crippen LogP contribution in [-0.4, -0.2) is 45.5 Å². The molecule has 3 aromatic rings. The molecule has 0 unspecified atom stereocenters. The lowest BCUT2D eigenvalue weighted by atomic mass is 9.80. The molecule has 0 saturated heterocycles. The number of amides is 1. The van der Waals surface area contributed by atoms with E-state index in [1.807, 2.05) is 0 Å². The molecule has 2 aromatic carbocycles. The zero-order chi connectivity index (χ0) is 30.4. The predicted molar refractivity (Wildman–Crippen MR) is 143 cm³/mol. The molecule has 0 spiro atoms. The van der Waals surface area contributed by atoms with Gasteiger partial charge in [0.1, 0.15) is 0 Å². The fourth-order valence-corrected chi connectivity index (χ4v) is 6.96. The number of carbonyl (C=O) groups is 2. The smallest absolute Gasteiger partial charge is 0.430 e. The van der Waals surface area contributed by atoms with E-state index >= 15 is 0 Å². The number of hydrogen-bond donors (Lipinski definition) is 3. The first-order valence-electron chi connectivity index (χ1n) is 13.6. The maximum atomic E-state index is 13.8. The number of nitrogens with zero attached hydrogens (tertiary/aromatic N) is 1. The summed E-state index contributed by atoms with van der Waals surface area (Å²) < 4.78 is 82.8. The van der Waals surface area contributed by atoms with Crippen LogP contribution in [0.1, 0.15) is 66.0 Å². The number of nitrogens with one attached hydrogen (secondary N) is 1. The highest BCUT2D eigenvalue weighted by molar-refractivity contribution is 7.17. The van der Waals surface area contributed by atoms with Crippen molar-refractivity contribution in [1.29, 1.82) is 0 Å². The Balaban J connectivity index is 1.59. The van der Waals surface area contributed by atoms with Crippen LogP contribution in [0.5, 0.6) is 0 Å². The SMILES string of the molecule is O=C(NC1CC(C(=O)O)C1)c1nc(CC2CCCCC2)c(-c2ccc(C(O)(C(F)(F)F)C(F)(F)F)c3ccccc23)s1. The first-order valence-corrected chi connectivity index (χ1v) is 14.4. The summed E-state index contributed by atoms with van der Waals surface area (Å²) in [5.74, 6) is -1.75. The number of carboxylic acid groups (broad SMARTS) is 1. The summed E-state index contributed by atoms with van der Waals surface area (Å²) in [6.07, 6.45) is -6.04. The fourth-order valence-electron chi connectivity index (χ4n) is 5.93. The van der Waals surface area contributed by atoms with E-state index in [2.05, 4.69) is 10.3 Å². The van der Waals surface area contributed by atoms with E-state index < -0.39 is 46.7 Å². The molecule has 42 heavy (non-hydrogen) atoms. The number of carboxylic acids is 1. The van der Waals surface area contributed by atoms with Crippen LogP contribution >= 0.6 is 11.3 Å². The zero-order valence-electron chi connectivity index (χ0n) is 22.2. The number of aliphatic hydroxyl groups is 1. The number of benzene rings is 2. The van der Waals surface area contributed by atoms with Crippen LogP contribution in [0.4, 0.5) is 26.3 Å². The molecule has 2 fully saturated rings. The van der Waals surface area contributed by atoms with Gasteiger partial charge in [-0.2, -0.15) is 26.3 Å². The Labute approximate surface area is 240 Å². The molecule has 6 nitrogen and oxygen atoms in total. The van der Waals surface area contributed by atoms with Crippen molar-refractivity contribution in [3.8, 4) is 10.4 Å². The minimum atomic E-state index is -6.04. The van der Waals surface area contributed by atoms with Crippen LogP contribution in [0, 0.1) is 11.8 Å². The summed E-state index contributed by atoms with van der Waals surface area (Å²) >= 11 is 0.986. The highest BCUT2D eigenvalue weighted by Gasteiger charge is 2.71. The lowest BCUT2D eigenvalue weighted by molar-refractivity contribution is -0.375. The first-order chi connectivity index (χ1) is 19.7. The molecule has 1 amide bonds. The molecule has 2 saturated carbocycles. The number of aliphatic carboxylic acids is 1. The third kappa shape index (κ3) is 5.48. The number of thiazole rings is 1. The van der Waals surface area contributed by atoms with E-state index in [1.54, 1.807) is 0 Å². The Bertz CT molecular complexity index is 1480. The Morgan fingerprint density at radius 3 is 2.14 bits per heavy atom. The molecule has 1 aromatic heterocycles. The molecule has 0 radical (unpaired) electrons. The molecule has 0 atom stereocenters. The monoisotopic (exact) mass is 614 g/mol. The number of aromatic nitrogens is 1. The predicted octanol–water partition coefficient (Wildman–Crippen LogP) is 6.99. The van der Waals surface area contributed by atoms with Crippen LogP contribution in [-0.2, 0) is 16.8 Å². The second-order valence-corrected chi connectivity index (χ2v) is 12.1. The lowest BCUT2D eigenvalue weighted by Gasteiger charge is -2.33. The maximum Gasteiger partial charge on any atom is 0.430 e. The van der Waals surface area contributed by atoms with Gasteiger partial charge in [0.2, 0.25) is 0 Å². The minimum Gasteiger partial charge on any atom is -0.481 e. The van der Waals surface area contributed by atoms with Gasteiger partial charge in [0.25, 0.3) is 11.5 Å². The Morgan fingerprint density at radius 1 is 0.929 bits per heavy atom. The standard InChI is InChI=1S/C29H28F6N2O4S/c30-28(31,32)27(41,29(33,34)35)21-11-10-20(18-8-4-5-9-19(18)21)23-22(12-15-6-2-1-3-7-15)37-25(42-23)24(38)36-17-13-16(14-17)26(39)40/h4-5,8-11,15-17,41H,1-3,6-7,12-14H2,(H,36,38)(H,39,40). The van der Waals surface area contributed by atoms with Gasteiger partial charge in [0.05, 0.1) is 16.5 Å². The van der Waals surface area contributed by atoms with Crippen LogP contribution in [0.15, 0.2) is 36.4 Å². The van der Waals surface area contributed by atoms with Crippen molar-refractivity contribution in [2.24, 2.45) is 11.8 Å². The molecule has 0 aliphatic heterocycles. The lowest BCUT2D eigenvalue weighted by Crippen LogP contribution is -2.54. The fraction of sp³-hybridized carbons (Fsp3) is 0.483. The van der Waals surface area contributed by atoms with Gasteiger partial charge < -0.3 is 15.5 Å². The van der Waals surface area contributed by atoms with Gasteiger partial charge in [-0.3, -0.25) is 9.59 Å². The number of halogens is 6. The summed E-state index contributed by atoms with van der Waals surface area (Å²) in [4.78, 5) is 29.2. The molecule has 2 aliphatic rings. The van der Waals surface area contributed by atoms with Gasteiger partial charge in [0, 0.05) is 17.2 Å². The number of fused-ring (bicyclic) bond motifs is 1. The first kappa shape index (κ1) is 30.3. The molecule has 5 rings (SSSR count). The van der Waals surface area contributed by atoms with E-state index in [1.165, 1.54) is 18.2 Å². The Hall–Kier alpha value is -3.19. The second kappa shape index (κ2) is 11.1. The van der Waals surface area contributed by atoms with Crippen molar-refractivity contribution in [3.63, 3.8) is 0 Å². The third-order valence-electron chi connectivity index (χ3n) is 8.30. The molecule has 13 heteroatoms. The van der Waals surface area contributed by atoms with E-state index in [-0.39, 0.29) is 35.2 Å². The van der Waals surface area contributed by atoms with Crippen molar-refractivity contribution in [1.82, 2.24) is 10.3 Å². The molecule has 226 valence electrons. The number of alkyl halides is 6. The van der Waals surface area contributed by atoms with Crippen LogP contribution in [0.2, 0.25) is 0 Å². The molecular formula is C29H28F6N2O4S. The average molecular weight is 615 g/mol. The summed E-state index contributed by atoms with van der Waals surface area (Å²) in [5.41, 5.74) is -5.61. The molecule has 3 N–H and O–H groups in total. The van der Waals surface area contributed by atoms with Crippen molar-refractivity contribution in [3.05, 3.63) is 52.7 Å². The molecule has 2 aliphatic carbocycles. The number of carbonyl (C=O) groups excluding carboxylic acids is 1. The van der Waals surface area contributed by atoms with Crippen molar-refractivity contribution in [2.75, 3.05) is 0 Å². The molecule has 1 heterocycles. The van der Waals surface area contributed by atoms with Crippen LogP contribution < -0.4 is 5.32 Å². The molecule has 0 bridgehead atoms. The normalized spacial score (nSPS) is 20.4. The maximum absolute atomic E-state index is 13.8. The van der Waals surface area contributed by atoms with E-state index in [0.717, 1.165) is 55.6 Å². The van der Waals surface area contributed by atoms with Gasteiger partial charge in [-0.15, -0.1) is 11.3 Å².